The van der Waals surface area contributed by atoms with Crippen LogP contribution in [0.4, 0.5) is 0 Å². The molecule has 0 heterocycles. The van der Waals surface area contributed by atoms with E-state index in [1.165, 1.54) is 199 Å². The van der Waals surface area contributed by atoms with Gasteiger partial charge in [-0.15, -0.1) is 0 Å². The molecule has 2 nitrogen and oxygen atoms in total. The molecule has 0 bridgehead atoms. The van der Waals surface area contributed by atoms with Crippen LogP contribution >= 0.6 is 0 Å². The van der Waals surface area contributed by atoms with Crippen molar-refractivity contribution in [1.29, 1.82) is 0 Å². The van der Waals surface area contributed by atoms with E-state index in [2.05, 4.69) is 0 Å². The van der Waals surface area contributed by atoms with Gasteiger partial charge in [0.25, 0.3) is 0 Å². The summed E-state index contributed by atoms with van der Waals surface area (Å²) in [6.45, 7) is 1.24. The number of rotatable bonds is 33. The fourth-order valence-electron chi connectivity index (χ4n) is 5.56. The Bertz CT molecular complexity index is 325. The maximum absolute atomic E-state index is 8.78. The summed E-state index contributed by atoms with van der Waals surface area (Å²) in [5.74, 6) is 0. The Balaban J connectivity index is 3.00. The van der Waals surface area contributed by atoms with Crippen LogP contribution in [-0.4, -0.2) is 18.3 Å². The Kier molecular flexibility index (Phi) is 34.8. The van der Waals surface area contributed by atoms with Crippen molar-refractivity contribution >= 4 is 0 Å². The number of nitrogens with two attached hydrogens (primary N) is 1. The highest BCUT2D eigenvalue weighted by molar-refractivity contribution is 4.53. The van der Waals surface area contributed by atoms with Gasteiger partial charge in [0.05, 0.1) is 0 Å². The molecule has 0 fully saturated rings. The van der Waals surface area contributed by atoms with Crippen LogP contribution in [0.2, 0.25) is 0 Å². The molecule has 0 spiro atoms. The number of hydrogen-bond acceptors (Lipinski definition) is 2. The SMILES string of the molecule is NCCCCCCCCCCCCCCCCCCCCCCCCCCCCCCCCCCO. The molecule has 0 aromatic carbocycles. The molecule has 0 aliphatic heterocycles. The van der Waals surface area contributed by atoms with Gasteiger partial charge in [-0.25, -0.2) is 0 Å². The minimum absolute atomic E-state index is 0.373. The fourth-order valence-corrected chi connectivity index (χ4v) is 5.56. The lowest BCUT2D eigenvalue weighted by Gasteiger charge is -2.05. The number of hydrogen-bond donors (Lipinski definition) is 2. The van der Waals surface area contributed by atoms with Gasteiger partial charge in [-0.1, -0.05) is 193 Å². The molecule has 0 rings (SSSR count). The van der Waals surface area contributed by atoms with Gasteiger partial charge in [0.1, 0.15) is 0 Å². The molecule has 2 heteroatoms. The molecule has 0 saturated heterocycles. The van der Waals surface area contributed by atoms with Crippen LogP contribution in [0.15, 0.2) is 0 Å². The number of aliphatic hydroxyl groups is 1. The van der Waals surface area contributed by atoms with Gasteiger partial charge in [0, 0.05) is 6.61 Å². The monoisotopic (exact) mass is 510 g/mol. The predicted octanol–water partition coefficient (Wildman–Crippen LogP) is 11.4. The zero-order valence-corrected chi connectivity index (χ0v) is 25.1. The van der Waals surface area contributed by atoms with Gasteiger partial charge in [-0.05, 0) is 19.4 Å². The molecule has 36 heavy (non-hydrogen) atoms. The third kappa shape index (κ3) is 33.9. The number of aliphatic hydroxyl groups excluding tert-OH is 1. The predicted molar refractivity (Wildman–Crippen MR) is 164 cm³/mol. The van der Waals surface area contributed by atoms with Crippen LogP contribution < -0.4 is 5.73 Å². The second-order valence-corrected chi connectivity index (χ2v) is 11.8. The summed E-state index contributed by atoms with van der Waals surface area (Å²) in [5, 5.41) is 8.78. The molecule has 0 aliphatic rings. The van der Waals surface area contributed by atoms with Gasteiger partial charge in [-0.2, -0.15) is 0 Å². The highest BCUT2D eigenvalue weighted by atomic mass is 16.2. The van der Waals surface area contributed by atoms with Crippen molar-refractivity contribution in [2.45, 2.75) is 205 Å². The maximum atomic E-state index is 8.78. The highest BCUT2D eigenvalue weighted by Gasteiger charge is 1.97. The quantitative estimate of drug-likeness (QED) is 0.0864. The molecule has 0 aromatic heterocycles. The summed E-state index contributed by atoms with van der Waals surface area (Å²) < 4.78 is 0. The van der Waals surface area contributed by atoms with Crippen molar-refractivity contribution in [3.05, 3.63) is 0 Å². The third-order valence-electron chi connectivity index (χ3n) is 8.11. The molecular formula is C34H71NO. The van der Waals surface area contributed by atoms with E-state index in [1.54, 1.807) is 0 Å². The van der Waals surface area contributed by atoms with E-state index in [-0.39, 0.29) is 0 Å². The van der Waals surface area contributed by atoms with Gasteiger partial charge in [0.2, 0.25) is 0 Å². The van der Waals surface area contributed by atoms with E-state index in [0.717, 1.165) is 13.0 Å². The van der Waals surface area contributed by atoms with E-state index in [9.17, 15) is 0 Å². The zero-order valence-electron chi connectivity index (χ0n) is 25.1. The van der Waals surface area contributed by atoms with E-state index >= 15 is 0 Å². The molecule has 0 atom stereocenters. The van der Waals surface area contributed by atoms with Crippen LogP contribution in [0.25, 0.3) is 0 Å². The van der Waals surface area contributed by atoms with Gasteiger partial charge in [-0.3, -0.25) is 0 Å². The van der Waals surface area contributed by atoms with Crippen molar-refractivity contribution in [2.75, 3.05) is 13.2 Å². The third-order valence-corrected chi connectivity index (χ3v) is 8.11. The maximum Gasteiger partial charge on any atom is 0.0431 e. The van der Waals surface area contributed by atoms with Crippen molar-refractivity contribution in [3.8, 4) is 0 Å². The lowest BCUT2D eigenvalue weighted by Crippen LogP contribution is -1.97. The van der Waals surface area contributed by atoms with E-state index in [1.807, 2.05) is 0 Å². The highest BCUT2D eigenvalue weighted by Crippen LogP contribution is 2.16. The molecule has 0 aliphatic carbocycles. The largest absolute Gasteiger partial charge is 0.396 e. The summed E-state index contributed by atoms with van der Waals surface area (Å²) in [6.07, 6.45) is 45.4. The van der Waals surface area contributed by atoms with Crippen molar-refractivity contribution in [3.63, 3.8) is 0 Å². The summed E-state index contributed by atoms with van der Waals surface area (Å²) in [5.41, 5.74) is 5.54. The molecule has 0 radical (unpaired) electrons. The summed E-state index contributed by atoms with van der Waals surface area (Å²) >= 11 is 0. The van der Waals surface area contributed by atoms with Gasteiger partial charge < -0.3 is 10.8 Å². The smallest absolute Gasteiger partial charge is 0.0431 e. The van der Waals surface area contributed by atoms with Crippen molar-refractivity contribution in [2.24, 2.45) is 5.73 Å². The molecule has 3 N–H and O–H groups in total. The molecule has 0 amide bonds. The second-order valence-electron chi connectivity index (χ2n) is 11.8. The Labute approximate surface area is 229 Å². The molecule has 0 saturated carbocycles. The first kappa shape index (κ1) is 35.9. The van der Waals surface area contributed by atoms with Gasteiger partial charge >= 0.3 is 0 Å². The lowest BCUT2D eigenvalue weighted by atomic mass is 10.0. The minimum Gasteiger partial charge on any atom is -0.396 e. The Morgan fingerprint density at radius 3 is 0.500 bits per heavy atom. The molecule has 218 valence electrons. The minimum atomic E-state index is 0.373. The normalized spacial score (nSPS) is 11.5. The fraction of sp³-hybridized carbons (Fsp3) is 1.00. The first-order valence-corrected chi connectivity index (χ1v) is 17.2. The van der Waals surface area contributed by atoms with Crippen LogP contribution in [0.1, 0.15) is 205 Å². The molecule has 0 aromatic rings. The Morgan fingerprint density at radius 2 is 0.361 bits per heavy atom. The topological polar surface area (TPSA) is 46.2 Å². The van der Waals surface area contributed by atoms with E-state index in [0.29, 0.717) is 6.61 Å². The van der Waals surface area contributed by atoms with Crippen molar-refractivity contribution in [1.82, 2.24) is 0 Å². The first-order valence-electron chi connectivity index (χ1n) is 17.2. The first-order chi connectivity index (χ1) is 17.9. The Morgan fingerprint density at radius 1 is 0.222 bits per heavy atom. The summed E-state index contributed by atoms with van der Waals surface area (Å²) in [4.78, 5) is 0. The van der Waals surface area contributed by atoms with Crippen LogP contribution in [0.5, 0.6) is 0 Å². The van der Waals surface area contributed by atoms with Crippen molar-refractivity contribution < 1.29 is 5.11 Å². The van der Waals surface area contributed by atoms with Crippen LogP contribution in [0.3, 0.4) is 0 Å². The number of unbranched alkanes of at least 4 members (excludes halogenated alkanes) is 31. The zero-order chi connectivity index (χ0) is 26.0. The summed E-state index contributed by atoms with van der Waals surface area (Å²) in [6, 6.07) is 0. The summed E-state index contributed by atoms with van der Waals surface area (Å²) in [7, 11) is 0. The van der Waals surface area contributed by atoms with Crippen LogP contribution in [0, 0.1) is 0 Å². The van der Waals surface area contributed by atoms with E-state index in [4.69, 9.17) is 10.8 Å². The lowest BCUT2D eigenvalue weighted by molar-refractivity contribution is 0.282. The molecular weight excluding hydrogens is 438 g/mol. The average molecular weight is 510 g/mol. The van der Waals surface area contributed by atoms with Crippen LogP contribution in [-0.2, 0) is 0 Å². The Hall–Kier alpha value is -0.0800. The molecule has 0 unspecified atom stereocenters. The van der Waals surface area contributed by atoms with Gasteiger partial charge in [0.15, 0.2) is 0 Å². The van der Waals surface area contributed by atoms with E-state index < -0.39 is 0 Å². The second kappa shape index (κ2) is 34.9. The standard InChI is InChI=1S/C34H71NO/c35-33-31-29-27-25-23-21-19-17-15-13-11-9-7-5-3-1-2-4-6-8-10-12-14-16-18-20-22-24-26-28-30-32-34-36/h36H,1-35H2. The average Bonchev–Trinajstić information content (AvgIpc) is 2.89.